The lowest BCUT2D eigenvalue weighted by Gasteiger charge is -2.16. The zero-order chi connectivity index (χ0) is 25.4. The maximum Gasteiger partial charge on any atom is 0.136 e. The van der Waals surface area contributed by atoms with Gasteiger partial charge in [-0.15, -0.1) is 0 Å². The van der Waals surface area contributed by atoms with E-state index < -0.39 is 0 Å². The molecule has 2 aromatic heterocycles. The third kappa shape index (κ3) is 6.95. The number of rotatable bonds is 12. The zero-order valence-electron chi connectivity index (χ0n) is 22.0. The Morgan fingerprint density at radius 3 is 2.71 bits per heavy atom. The lowest BCUT2D eigenvalue weighted by Crippen LogP contribution is -2.15. The minimum Gasteiger partial charge on any atom is -0.492 e. The second kappa shape index (κ2) is 12.5. The van der Waals surface area contributed by atoms with Crippen LogP contribution in [0.15, 0.2) is 65.6 Å². The van der Waals surface area contributed by atoms with Gasteiger partial charge in [0.1, 0.15) is 17.2 Å². The molecule has 2 heterocycles. The Labute approximate surface area is 209 Å². The number of ether oxygens (including phenoxy) is 1. The molecule has 0 unspecified atom stereocenters. The summed E-state index contributed by atoms with van der Waals surface area (Å²) in [7, 11) is 6.07. The Hall–Kier alpha value is -3.12. The maximum atomic E-state index is 14.2. The Balaban J connectivity index is 1.85. The van der Waals surface area contributed by atoms with Gasteiger partial charge in [0.2, 0.25) is 0 Å². The molecule has 0 spiro atoms. The summed E-state index contributed by atoms with van der Waals surface area (Å²) in [5, 5.41) is 3.27. The Morgan fingerprint density at radius 2 is 2.00 bits per heavy atom. The van der Waals surface area contributed by atoms with Crippen LogP contribution in [0.1, 0.15) is 45.7 Å². The molecule has 1 N–H and O–H groups in total. The van der Waals surface area contributed by atoms with Crippen LogP contribution in [-0.4, -0.2) is 48.6 Å². The lowest BCUT2D eigenvalue weighted by atomic mass is 10.0. The highest BCUT2D eigenvalue weighted by molar-refractivity contribution is 5.71. The fourth-order valence-electron chi connectivity index (χ4n) is 4.15. The molecule has 0 aliphatic rings. The summed E-state index contributed by atoms with van der Waals surface area (Å²) in [6.07, 6.45) is 10.1. The third-order valence-electron chi connectivity index (χ3n) is 6.30. The number of benzene rings is 1. The van der Waals surface area contributed by atoms with Crippen LogP contribution in [0.4, 0.5) is 4.39 Å². The Bertz CT molecular complexity index is 1190. The smallest absolute Gasteiger partial charge is 0.136 e. The minimum atomic E-state index is -0.305. The van der Waals surface area contributed by atoms with Crippen molar-refractivity contribution in [3.8, 4) is 16.9 Å². The van der Waals surface area contributed by atoms with E-state index in [0.29, 0.717) is 12.4 Å². The summed E-state index contributed by atoms with van der Waals surface area (Å²) in [5.74, 6) is 0.247. The normalized spacial score (nSPS) is 12.9. The summed E-state index contributed by atoms with van der Waals surface area (Å²) < 4.78 is 22.5. The number of hydrogen-bond donors (Lipinski definition) is 1. The average Bonchev–Trinajstić information content (AvgIpc) is 3.25. The molecular weight excluding hydrogens is 439 g/mol. The van der Waals surface area contributed by atoms with E-state index in [-0.39, 0.29) is 5.82 Å². The van der Waals surface area contributed by atoms with Crippen LogP contribution in [0.3, 0.4) is 0 Å². The standard InChI is InChI=1S/C29H39FN4O/c1-7-8-9-21(2)26(22(3)31-4)15-17-35-28-18-24(30)11-12-27(28)23-10-13-29-32-19-25(34(29)20-23)14-16-33(5)6/h9-13,18-20,31H,7-8,14-17H2,1-6H3/b21-9+,26-22-. The third-order valence-corrected chi connectivity index (χ3v) is 6.30. The Morgan fingerprint density at radius 1 is 1.20 bits per heavy atom. The number of fused-ring (bicyclic) bond motifs is 1. The van der Waals surface area contributed by atoms with E-state index in [0.717, 1.165) is 60.4 Å². The first kappa shape index (κ1) is 26.5. The van der Waals surface area contributed by atoms with Crippen molar-refractivity contribution in [1.29, 1.82) is 0 Å². The highest BCUT2D eigenvalue weighted by atomic mass is 19.1. The van der Waals surface area contributed by atoms with Gasteiger partial charge in [0.25, 0.3) is 0 Å². The van der Waals surface area contributed by atoms with Crippen molar-refractivity contribution in [3.05, 3.63) is 77.2 Å². The Kier molecular flexibility index (Phi) is 9.49. The minimum absolute atomic E-state index is 0.305. The summed E-state index contributed by atoms with van der Waals surface area (Å²) in [6.45, 7) is 7.81. The molecule has 0 radical (unpaired) electrons. The second-order valence-electron chi connectivity index (χ2n) is 9.22. The van der Waals surface area contributed by atoms with Crippen LogP contribution in [0.5, 0.6) is 5.75 Å². The molecule has 0 saturated heterocycles. The molecule has 0 aliphatic heterocycles. The molecule has 6 heteroatoms. The van der Waals surface area contributed by atoms with Crippen molar-refractivity contribution in [2.24, 2.45) is 0 Å². The maximum absolute atomic E-state index is 14.2. The summed E-state index contributed by atoms with van der Waals surface area (Å²) in [5.41, 5.74) is 7.52. The van der Waals surface area contributed by atoms with E-state index >= 15 is 0 Å². The van der Waals surface area contributed by atoms with Gasteiger partial charge in [-0.3, -0.25) is 0 Å². The number of halogens is 1. The molecule has 0 bridgehead atoms. The number of aromatic nitrogens is 2. The number of allylic oxidation sites excluding steroid dienone is 3. The first-order valence-electron chi connectivity index (χ1n) is 12.4. The van der Waals surface area contributed by atoms with Gasteiger partial charge >= 0.3 is 0 Å². The molecule has 35 heavy (non-hydrogen) atoms. The van der Waals surface area contributed by atoms with Crippen molar-refractivity contribution in [3.63, 3.8) is 0 Å². The van der Waals surface area contributed by atoms with E-state index in [1.807, 2.05) is 25.4 Å². The number of imidazole rings is 1. The molecule has 0 saturated carbocycles. The molecule has 0 fully saturated rings. The number of unbranched alkanes of at least 4 members (excludes halogenated alkanes) is 1. The molecule has 3 rings (SSSR count). The van der Waals surface area contributed by atoms with Gasteiger partial charge < -0.3 is 19.4 Å². The van der Waals surface area contributed by atoms with Crippen LogP contribution in [0, 0.1) is 5.82 Å². The van der Waals surface area contributed by atoms with Crippen molar-refractivity contribution in [2.45, 2.75) is 46.5 Å². The van der Waals surface area contributed by atoms with Gasteiger partial charge in [0.15, 0.2) is 0 Å². The van der Waals surface area contributed by atoms with E-state index in [1.54, 1.807) is 6.07 Å². The molecule has 0 atom stereocenters. The summed E-state index contributed by atoms with van der Waals surface area (Å²) in [6, 6.07) is 8.78. The van der Waals surface area contributed by atoms with E-state index in [4.69, 9.17) is 4.74 Å². The predicted molar refractivity (Wildman–Crippen MR) is 143 cm³/mol. The van der Waals surface area contributed by atoms with Gasteiger partial charge in [-0.2, -0.15) is 0 Å². The van der Waals surface area contributed by atoms with Crippen molar-refractivity contribution < 1.29 is 9.13 Å². The number of likely N-dealkylation sites (N-methyl/N-ethyl adjacent to an activating group) is 1. The lowest BCUT2D eigenvalue weighted by molar-refractivity contribution is 0.321. The van der Waals surface area contributed by atoms with Crippen LogP contribution < -0.4 is 10.1 Å². The van der Waals surface area contributed by atoms with Gasteiger partial charge in [-0.25, -0.2) is 9.37 Å². The van der Waals surface area contributed by atoms with Gasteiger partial charge in [0, 0.05) is 67.4 Å². The molecule has 1 aromatic carbocycles. The quantitative estimate of drug-likeness (QED) is 0.312. The molecule has 0 aliphatic carbocycles. The molecule has 188 valence electrons. The molecule has 3 aromatic rings. The largest absolute Gasteiger partial charge is 0.492 e. The highest BCUT2D eigenvalue weighted by Gasteiger charge is 2.12. The number of hydrogen-bond acceptors (Lipinski definition) is 4. The van der Waals surface area contributed by atoms with E-state index in [1.165, 1.54) is 23.3 Å². The summed E-state index contributed by atoms with van der Waals surface area (Å²) in [4.78, 5) is 6.70. The topological polar surface area (TPSA) is 41.8 Å². The predicted octanol–water partition coefficient (Wildman–Crippen LogP) is 6.25. The van der Waals surface area contributed by atoms with Gasteiger partial charge in [0.05, 0.1) is 6.61 Å². The van der Waals surface area contributed by atoms with E-state index in [2.05, 4.69) is 66.7 Å². The SMILES string of the molecule is CCC/C=C(C)/C(CCOc1cc(F)ccc1-c1ccc2ncc(CCN(C)C)n2c1)=C(/C)NC. The molecule has 5 nitrogen and oxygen atoms in total. The van der Waals surface area contributed by atoms with Crippen LogP contribution in [-0.2, 0) is 6.42 Å². The van der Waals surface area contributed by atoms with Gasteiger partial charge in [-0.05, 0) is 64.2 Å². The van der Waals surface area contributed by atoms with Crippen LogP contribution in [0.25, 0.3) is 16.8 Å². The first-order chi connectivity index (χ1) is 16.8. The number of nitrogens with one attached hydrogen (secondary N) is 1. The fraction of sp³-hybridized carbons (Fsp3) is 0.414. The van der Waals surface area contributed by atoms with Crippen molar-refractivity contribution in [2.75, 3.05) is 34.3 Å². The average molecular weight is 479 g/mol. The van der Waals surface area contributed by atoms with E-state index in [9.17, 15) is 4.39 Å². The van der Waals surface area contributed by atoms with Crippen molar-refractivity contribution >= 4 is 5.65 Å². The second-order valence-corrected chi connectivity index (χ2v) is 9.22. The molecule has 0 amide bonds. The van der Waals surface area contributed by atoms with Crippen LogP contribution in [0.2, 0.25) is 0 Å². The number of nitrogens with zero attached hydrogens (tertiary/aromatic N) is 3. The van der Waals surface area contributed by atoms with Crippen LogP contribution >= 0.6 is 0 Å². The first-order valence-corrected chi connectivity index (χ1v) is 12.4. The summed E-state index contributed by atoms with van der Waals surface area (Å²) >= 11 is 0. The van der Waals surface area contributed by atoms with Crippen molar-refractivity contribution in [1.82, 2.24) is 19.6 Å². The highest BCUT2D eigenvalue weighted by Crippen LogP contribution is 2.32. The fourth-order valence-corrected chi connectivity index (χ4v) is 4.15. The molecular formula is C29H39FN4O. The number of pyridine rings is 1. The monoisotopic (exact) mass is 478 g/mol. The van der Waals surface area contributed by atoms with Gasteiger partial charge in [-0.1, -0.05) is 25.0 Å². The zero-order valence-corrected chi connectivity index (χ0v) is 22.0.